The Hall–Kier alpha value is -3.44. The van der Waals surface area contributed by atoms with E-state index in [-0.39, 0.29) is 5.91 Å². The van der Waals surface area contributed by atoms with Gasteiger partial charge in [0, 0.05) is 17.1 Å². The second-order valence-corrected chi connectivity index (χ2v) is 6.71. The number of aromatic nitrogens is 1. The summed E-state index contributed by atoms with van der Waals surface area (Å²) in [5, 5.41) is 5.21. The summed E-state index contributed by atoms with van der Waals surface area (Å²) in [6.45, 7) is 0. The molecule has 4 rings (SSSR count). The molecule has 4 aromatic rings. The average molecular weight is 372 g/mol. The highest BCUT2D eigenvalue weighted by molar-refractivity contribution is 7.13. The quantitative estimate of drug-likeness (QED) is 0.478. The SMILES string of the molecule is O=C(Nc1nccs1)c1cc(Oc2ccccc2)cc(-c2ccccc2)c1. The number of para-hydroxylation sites is 1. The third-order valence-corrected chi connectivity index (χ3v) is 4.60. The van der Waals surface area contributed by atoms with Crippen molar-refractivity contribution in [2.75, 3.05) is 5.32 Å². The van der Waals surface area contributed by atoms with Crippen molar-refractivity contribution in [1.82, 2.24) is 4.98 Å². The van der Waals surface area contributed by atoms with Gasteiger partial charge in [-0.15, -0.1) is 11.3 Å². The molecule has 0 saturated heterocycles. The van der Waals surface area contributed by atoms with Gasteiger partial charge in [-0.2, -0.15) is 0 Å². The molecule has 3 aromatic carbocycles. The molecule has 1 amide bonds. The maximum absolute atomic E-state index is 12.7. The standard InChI is InChI=1S/C22H16N2O2S/c25-21(24-22-23-11-12-27-22)18-13-17(16-7-3-1-4-8-16)14-20(15-18)26-19-9-5-2-6-10-19/h1-15H,(H,23,24,25). The van der Waals surface area contributed by atoms with Crippen LogP contribution >= 0.6 is 11.3 Å². The summed E-state index contributed by atoms with van der Waals surface area (Å²) < 4.78 is 5.97. The molecule has 0 fully saturated rings. The van der Waals surface area contributed by atoms with Crippen LogP contribution in [-0.2, 0) is 0 Å². The number of hydrogen-bond donors (Lipinski definition) is 1. The number of amides is 1. The fourth-order valence-corrected chi connectivity index (χ4v) is 3.19. The fraction of sp³-hybridized carbons (Fsp3) is 0. The van der Waals surface area contributed by atoms with Gasteiger partial charge in [0.25, 0.3) is 5.91 Å². The Balaban J connectivity index is 1.71. The fourth-order valence-electron chi connectivity index (χ4n) is 2.67. The van der Waals surface area contributed by atoms with E-state index in [4.69, 9.17) is 4.74 Å². The van der Waals surface area contributed by atoms with E-state index in [9.17, 15) is 4.79 Å². The Morgan fingerprint density at radius 2 is 1.59 bits per heavy atom. The number of anilines is 1. The number of thiazole rings is 1. The van der Waals surface area contributed by atoms with E-state index in [2.05, 4.69) is 10.3 Å². The van der Waals surface area contributed by atoms with E-state index in [1.807, 2.05) is 78.2 Å². The first-order chi connectivity index (χ1) is 13.3. The van der Waals surface area contributed by atoms with Crippen molar-refractivity contribution >= 4 is 22.4 Å². The van der Waals surface area contributed by atoms with Gasteiger partial charge in [-0.25, -0.2) is 4.98 Å². The monoisotopic (exact) mass is 372 g/mol. The summed E-state index contributed by atoms with van der Waals surface area (Å²) in [6, 6.07) is 24.9. The summed E-state index contributed by atoms with van der Waals surface area (Å²) in [4.78, 5) is 16.8. The number of carbonyl (C=O) groups excluding carboxylic acids is 1. The number of rotatable bonds is 5. The highest BCUT2D eigenvalue weighted by Crippen LogP contribution is 2.29. The molecule has 1 heterocycles. The maximum atomic E-state index is 12.7. The number of carbonyl (C=O) groups is 1. The zero-order valence-electron chi connectivity index (χ0n) is 14.3. The highest BCUT2D eigenvalue weighted by Gasteiger charge is 2.12. The van der Waals surface area contributed by atoms with Crippen molar-refractivity contribution in [3.05, 3.63) is 96.0 Å². The molecular formula is C22H16N2O2S. The molecule has 0 radical (unpaired) electrons. The minimum absolute atomic E-state index is 0.222. The first kappa shape index (κ1) is 17.0. The first-order valence-electron chi connectivity index (χ1n) is 8.42. The molecule has 5 heteroatoms. The van der Waals surface area contributed by atoms with Crippen LogP contribution in [0.3, 0.4) is 0 Å². The lowest BCUT2D eigenvalue weighted by atomic mass is 10.0. The number of benzene rings is 3. The molecular weight excluding hydrogens is 356 g/mol. The van der Waals surface area contributed by atoms with Crippen molar-refractivity contribution < 1.29 is 9.53 Å². The number of hydrogen-bond acceptors (Lipinski definition) is 4. The zero-order valence-corrected chi connectivity index (χ0v) is 15.1. The van der Waals surface area contributed by atoms with Gasteiger partial charge in [0.2, 0.25) is 0 Å². The van der Waals surface area contributed by atoms with Gasteiger partial charge in [0.05, 0.1) is 0 Å². The van der Waals surface area contributed by atoms with Gasteiger partial charge < -0.3 is 4.74 Å². The largest absolute Gasteiger partial charge is 0.457 e. The summed E-state index contributed by atoms with van der Waals surface area (Å²) in [6.07, 6.45) is 1.66. The van der Waals surface area contributed by atoms with Crippen molar-refractivity contribution in [2.45, 2.75) is 0 Å². The second-order valence-electron chi connectivity index (χ2n) is 5.82. The van der Waals surface area contributed by atoms with E-state index < -0.39 is 0 Å². The van der Waals surface area contributed by atoms with Crippen LogP contribution in [-0.4, -0.2) is 10.9 Å². The van der Waals surface area contributed by atoms with E-state index in [1.165, 1.54) is 11.3 Å². The maximum Gasteiger partial charge on any atom is 0.257 e. The van der Waals surface area contributed by atoms with Crippen LogP contribution in [0.5, 0.6) is 11.5 Å². The van der Waals surface area contributed by atoms with Crippen molar-refractivity contribution in [1.29, 1.82) is 0 Å². The summed E-state index contributed by atoms with van der Waals surface area (Å²) in [5.74, 6) is 1.10. The zero-order chi connectivity index (χ0) is 18.5. The number of ether oxygens (including phenoxy) is 1. The molecule has 0 aliphatic carbocycles. The minimum atomic E-state index is -0.222. The molecule has 0 bridgehead atoms. The molecule has 1 aromatic heterocycles. The van der Waals surface area contributed by atoms with Gasteiger partial charge in [-0.3, -0.25) is 10.1 Å². The van der Waals surface area contributed by atoms with Gasteiger partial charge >= 0.3 is 0 Å². The minimum Gasteiger partial charge on any atom is -0.457 e. The Labute approximate surface area is 161 Å². The van der Waals surface area contributed by atoms with Gasteiger partial charge in [0.1, 0.15) is 11.5 Å². The molecule has 0 aliphatic heterocycles. The molecule has 4 nitrogen and oxygen atoms in total. The van der Waals surface area contributed by atoms with E-state index in [0.717, 1.165) is 11.1 Å². The summed E-state index contributed by atoms with van der Waals surface area (Å²) in [7, 11) is 0. The lowest BCUT2D eigenvalue weighted by Gasteiger charge is -2.11. The molecule has 0 saturated carbocycles. The van der Waals surface area contributed by atoms with Crippen molar-refractivity contribution in [3.63, 3.8) is 0 Å². The molecule has 0 unspecified atom stereocenters. The normalized spacial score (nSPS) is 10.4. The number of nitrogens with one attached hydrogen (secondary N) is 1. The Morgan fingerprint density at radius 1 is 0.852 bits per heavy atom. The third-order valence-electron chi connectivity index (χ3n) is 3.91. The lowest BCUT2D eigenvalue weighted by molar-refractivity contribution is 0.102. The average Bonchev–Trinajstić information content (AvgIpc) is 3.22. The van der Waals surface area contributed by atoms with Crippen LogP contribution in [0.1, 0.15) is 10.4 Å². The Kier molecular flexibility index (Phi) is 4.94. The third kappa shape index (κ3) is 4.22. The predicted molar refractivity (Wildman–Crippen MR) is 108 cm³/mol. The predicted octanol–water partition coefficient (Wildman–Crippen LogP) is 5.85. The number of nitrogens with zero attached hydrogens (tertiary/aromatic N) is 1. The lowest BCUT2D eigenvalue weighted by Crippen LogP contribution is -2.11. The van der Waals surface area contributed by atoms with Gasteiger partial charge in [-0.1, -0.05) is 48.5 Å². The van der Waals surface area contributed by atoms with Crippen molar-refractivity contribution in [3.8, 4) is 22.6 Å². The topological polar surface area (TPSA) is 51.2 Å². The summed E-state index contributed by atoms with van der Waals surface area (Å²) >= 11 is 1.38. The molecule has 27 heavy (non-hydrogen) atoms. The van der Waals surface area contributed by atoms with E-state index in [0.29, 0.717) is 22.2 Å². The molecule has 1 N–H and O–H groups in total. The smallest absolute Gasteiger partial charge is 0.257 e. The van der Waals surface area contributed by atoms with E-state index in [1.54, 1.807) is 12.3 Å². The van der Waals surface area contributed by atoms with Gasteiger partial charge in [-0.05, 0) is 41.5 Å². The Bertz CT molecular complexity index is 1030. The molecule has 132 valence electrons. The van der Waals surface area contributed by atoms with E-state index >= 15 is 0 Å². The van der Waals surface area contributed by atoms with Crippen LogP contribution in [0.2, 0.25) is 0 Å². The molecule has 0 spiro atoms. The Morgan fingerprint density at radius 3 is 2.30 bits per heavy atom. The van der Waals surface area contributed by atoms with Crippen LogP contribution in [0, 0.1) is 0 Å². The van der Waals surface area contributed by atoms with Crippen LogP contribution < -0.4 is 10.1 Å². The highest BCUT2D eigenvalue weighted by atomic mass is 32.1. The van der Waals surface area contributed by atoms with Crippen molar-refractivity contribution in [2.24, 2.45) is 0 Å². The second kappa shape index (κ2) is 7.85. The molecule has 0 aliphatic rings. The van der Waals surface area contributed by atoms with Gasteiger partial charge in [0.15, 0.2) is 5.13 Å². The first-order valence-corrected chi connectivity index (χ1v) is 9.30. The van der Waals surface area contributed by atoms with Crippen LogP contribution in [0.25, 0.3) is 11.1 Å². The molecule has 0 atom stereocenters. The van der Waals surface area contributed by atoms with Crippen LogP contribution in [0.4, 0.5) is 5.13 Å². The van der Waals surface area contributed by atoms with Crippen LogP contribution in [0.15, 0.2) is 90.4 Å². The summed E-state index contributed by atoms with van der Waals surface area (Å²) in [5.41, 5.74) is 2.44.